The minimum Gasteiger partial charge on any atom is -0.326 e. The first kappa shape index (κ1) is 13.5. The van der Waals surface area contributed by atoms with Gasteiger partial charge in [-0.1, -0.05) is 12.1 Å². The Hall–Kier alpha value is -2.47. The zero-order chi connectivity index (χ0) is 14.9. The number of carbonyl (C=O) groups excluding carboxylic acids is 1. The standard InChI is InChI=1S/C15H12N2O3S/c18-15(8-11-2-1-6-16-10-11)17-13-4-3-12-5-7-21(19,20)14(12)9-13/h1-7,9-10H,8H2,(H,17,18). The highest BCUT2D eigenvalue weighted by molar-refractivity contribution is 7.94. The molecule has 1 amide bonds. The summed E-state index contributed by atoms with van der Waals surface area (Å²) >= 11 is 0. The number of nitrogens with one attached hydrogen (secondary N) is 1. The summed E-state index contributed by atoms with van der Waals surface area (Å²) in [5.41, 5.74) is 1.90. The quantitative estimate of drug-likeness (QED) is 0.941. The predicted molar refractivity (Wildman–Crippen MR) is 79.2 cm³/mol. The number of benzene rings is 1. The average molecular weight is 300 g/mol. The maximum absolute atomic E-state index is 11.9. The van der Waals surface area contributed by atoms with Crippen molar-refractivity contribution in [2.45, 2.75) is 11.3 Å². The molecule has 1 aliphatic rings. The van der Waals surface area contributed by atoms with E-state index in [1.54, 1.807) is 36.7 Å². The highest BCUT2D eigenvalue weighted by Gasteiger charge is 2.21. The number of sulfone groups is 1. The van der Waals surface area contributed by atoms with Crippen LogP contribution in [0.1, 0.15) is 11.1 Å². The van der Waals surface area contributed by atoms with Crippen LogP contribution < -0.4 is 5.32 Å². The Kier molecular flexibility index (Phi) is 3.31. The molecule has 2 heterocycles. The van der Waals surface area contributed by atoms with Gasteiger partial charge in [-0.2, -0.15) is 0 Å². The maximum atomic E-state index is 11.9. The van der Waals surface area contributed by atoms with E-state index >= 15 is 0 Å². The first-order valence-corrected chi connectivity index (χ1v) is 7.85. The number of pyridine rings is 1. The Balaban J connectivity index is 1.76. The van der Waals surface area contributed by atoms with Crippen LogP contribution in [-0.4, -0.2) is 19.3 Å². The molecule has 3 rings (SSSR count). The second-order valence-corrected chi connectivity index (χ2v) is 6.49. The van der Waals surface area contributed by atoms with Gasteiger partial charge in [0.15, 0.2) is 0 Å². The Labute approximate surface area is 122 Å². The van der Waals surface area contributed by atoms with Crippen LogP contribution in [-0.2, 0) is 21.1 Å². The molecule has 1 N–H and O–H groups in total. The summed E-state index contributed by atoms with van der Waals surface area (Å²) in [6, 6.07) is 8.41. The SMILES string of the molecule is O=C(Cc1cccnc1)Nc1ccc2c(c1)S(=O)(=O)C=C2. The number of rotatable bonds is 3. The van der Waals surface area contributed by atoms with Crippen LogP contribution in [0.15, 0.2) is 53.0 Å². The fraction of sp³-hybridized carbons (Fsp3) is 0.0667. The van der Waals surface area contributed by atoms with Gasteiger partial charge < -0.3 is 5.32 Å². The lowest BCUT2D eigenvalue weighted by Crippen LogP contribution is -2.14. The maximum Gasteiger partial charge on any atom is 0.228 e. The largest absolute Gasteiger partial charge is 0.326 e. The molecule has 0 bridgehead atoms. The Morgan fingerprint density at radius 1 is 1.24 bits per heavy atom. The van der Waals surface area contributed by atoms with Crippen molar-refractivity contribution in [2.75, 3.05) is 5.32 Å². The van der Waals surface area contributed by atoms with Gasteiger partial charge in [-0.15, -0.1) is 0 Å². The zero-order valence-electron chi connectivity index (χ0n) is 11.0. The summed E-state index contributed by atoms with van der Waals surface area (Å²) < 4.78 is 23.5. The zero-order valence-corrected chi connectivity index (χ0v) is 11.8. The van der Waals surface area contributed by atoms with E-state index in [4.69, 9.17) is 0 Å². The fourth-order valence-electron chi connectivity index (χ4n) is 2.13. The molecule has 0 fully saturated rings. The molecular formula is C15H12N2O3S. The van der Waals surface area contributed by atoms with E-state index in [0.29, 0.717) is 11.3 Å². The van der Waals surface area contributed by atoms with Crippen molar-refractivity contribution in [1.82, 2.24) is 4.98 Å². The third kappa shape index (κ3) is 2.85. The molecule has 0 saturated heterocycles. The minimum atomic E-state index is -3.36. The highest BCUT2D eigenvalue weighted by Crippen LogP contribution is 2.29. The third-order valence-corrected chi connectivity index (χ3v) is 4.58. The first-order valence-electron chi connectivity index (χ1n) is 6.30. The Bertz CT molecular complexity index is 827. The lowest BCUT2D eigenvalue weighted by molar-refractivity contribution is -0.115. The van der Waals surface area contributed by atoms with Gasteiger partial charge in [0.1, 0.15) is 0 Å². The van der Waals surface area contributed by atoms with E-state index in [0.717, 1.165) is 5.56 Å². The number of hydrogen-bond donors (Lipinski definition) is 1. The van der Waals surface area contributed by atoms with E-state index in [2.05, 4.69) is 10.3 Å². The van der Waals surface area contributed by atoms with Crippen molar-refractivity contribution in [1.29, 1.82) is 0 Å². The lowest BCUT2D eigenvalue weighted by atomic mass is 10.2. The van der Waals surface area contributed by atoms with Crippen molar-refractivity contribution in [3.05, 3.63) is 59.3 Å². The van der Waals surface area contributed by atoms with Crippen molar-refractivity contribution < 1.29 is 13.2 Å². The molecule has 0 unspecified atom stereocenters. The van der Waals surface area contributed by atoms with Crippen LogP contribution in [0, 0.1) is 0 Å². The van der Waals surface area contributed by atoms with Gasteiger partial charge >= 0.3 is 0 Å². The smallest absolute Gasteiger partial charge is 0.228 e. The van der Waals surface area contributed by atoms with Crippen LogP contribution in [0.3, 0.4) is 0 Å². The molecule has 0 spiro atoms. The number of amides is 1. The molecule has 0 radical (unpaired) electrons. The first-order chi connectivity index (χ1) is 10.0. The molecule has 2 aromatic rings. The number of carbonyl (C=O) groups is 1. The molecule has 1 aromatic carbocycles. The van der Waals surface area contributed by atoms with Gasteiger partial charge in [-0.05, 0) is 35.4 Å². The van der Waals surface area contributed by atoms with Crippen molar-refractivity contribution in [3.63, 3.8) is 0 Å². The average Bonchev–Trinajstić information content (AvgIpc) is 2.75. The normalized spacial score (nSPS) is 14.7. The molecule has 1 aromatic heterocycles. The summed E-state index contributed by atoms with van der Waals surface area (Å²) in [6.07, 6.45) is 5.00. The topological polar surface area (TPSA) is 76.1 Å². The molecule has 21 heavy (non-hydrogen) atoms. The van der Waals surface area contributed by atoms with E-state index in [-0.39, 0.29) is 17.2 Å². The number of fused-ring (bicyclic) bond motifs is 1. The number of aromatic nitrogens is 1. The van der Waals surface area contributed by atoms with Crippen LogP contribution >= 0.6 is 0 Å². The van der Waals surface area contributed by atoms with Crippen LogP contribution in [0.4, 0.5) is 5.69 Å². The van der Waals surface area contributed by atoms with Crippen LogP contribution in [0.5, 0.6) is 0 Å². The van der Waals surface area contributed by atoms with Gasteiger partial charge in [0.2, 0.25) is 15.7 Å². The summed E-state index contributed by atoms with van der Waals surface area (Å²) in [7, 11) is -3.36. The van der Waals surface area contributed by atoms with Gasteiger partial charge in [-0.3, -0.25) is 9.78 Å². The van der Waals surface area contributed by atoms with E-state index in [9.17, 15) is 13.2 Å². The van der Waals surface area contributed by atoms with Crippen LogP contribution in [0.25, 0.3) is 6.08 Å². The Morgan fingerprint density at radius 2 is 2.10 bits per heavy atom. The van der Waals surface area contributed by atoms with Crippen molar-refractivity contribution in [3.8, 4) is 0 Å². The van der Waals surface area contributed by atoms with Gasteiger partial charge in [0.05, 0.1) is 11.3 Å². The van der Waals surface area contributed by atoms with E-state index < -0.39 is 9.84 Å². The summed E-state index contributed by atoms with van der Waals surface area (Å²) in [5, 5.41) is 3.86. The second kappa shape index (κ2) is 5.14. The molecule has 0 aliphatic carbocycles. The molecule has 1 aliphatic heterocycles. The highest BCUT2D eigenvalue weighted by atomic mass is 32.2. The predicted octanol–water partition coefficient (Wildman–Crippen LogP) is 2.02. The monoisotopic (exact) mass is 300 g/mol. The summed E-state index contributed by atoms with van der Waals surface area (Å²) in [5.74, 6) is -0.216. The molecule has 5 nitrogen and oxygen atoms in total. The molecule has 106 valence electrons. The van der Waals surface area contributed by atoms with Gasteiger partial charge in [-0.25, -0.2) is 8.42 Å². The van der Waals surface area contributed by atoms with Gasteiger partial charge in [0, 0.05) is 23.5 Å². The van der Waals surface area contributed by atoms with Crippen molar-refractivity contribution >= 4 is 27.5 Å². The minimum absolute atomic E-state index is 0.190. The van der Waals surface area contributed by atoms with Crippen molar-refractivity contribution in [2.24, 2.45) is 0 Å². The second-order valence-electron chi connectivity index (χ2n) is 4.69. The Morgan fingerprint density at radius 3 is 2.86 bits per heavy atom. The third-order valence-electron chi connectivity index (χ3n) is 3.12. The fourth-order valence-corrected chi connectivity index (χ4v) is 3.35. The van der Waals surface area contributed by atoms with Gasteiger partial charge in [0.25, 0.3) is 0 Å². The summed E-state index contributed by atoms with van der Waals surface area (Å²) in [6.45, 7) is 0. The van der Waals surface area contributed by atoms with Crippen LogP contribution in [0.2, 0.25) is 0 Å². The molecule has 0 saturated carbocycles. The number of nitrogens with zero attached hydrogens (tertiary/aromatic N) is 1. The lowest BCUT2D eigenvalue weighted by Gasteiger charge is -2.07. The van der Waals surface area contributed by atoms with E-state index in [1.807, 2.05) is 6.07 Å². The van der Waals surface area contributed by atoms with E-state index in [1.165, 1.54) is 11.5 Å². The summed E-state index contributed by atoms with van der Waals surface area (Å²) in [4.78, 5) is 16.1. The molecular weight excluding hydrogens is 288 g/mol. The number of hydrogen-bond acceptors (Lipinski definition) is 4. The molecule has 0 atom stereocenters. The number of anilines is 1. The molecule has 6 heteroatoms.